The van der Waals surface area contributed by atoms with Gasteiger partial charge in [0, 0.05) is 11.1 Å². The Balaban J connectivity index is 0.00000225. The van der Waals surface area contributed by atoms with Crippen LogP contribution in [0.3, 0.4) is 0 Å². The van der Waals surface area contributed by atoms with Crippen molar-refractivity contribution in [2.75, 3.05) is 18.4 Å². The highest BCUT2D eigenvalue weighted by Gasteiger charge is 2.21. The summed E-state index contributed by atoms with van der Waals surface area (Å²) in [4.78, 5) is 23.6. The van der Waals surface area contributed by atoms with E-state index in [0.717, 1.165) is 47.9 Å². The molecular weight excluding hydrogens is 376 g/mol. The molecule has 1 amide bonds. The minimum absolute atomic E-state index is 0. The van der Waals surface area contributed by atoms with Crippen LogP contribution in [0.2, 0.25) is 0 Å². The lowest BCUT2D eigenvalue weighted by atomic mass is 9.97. The number of hydrogen-bond acceptors (Lipinski definition) is 6. The molecule has 25 heavy (non-hydrogen) atoms. The first-order valence-corrected chi connectivity index (χ1v) is 10.1. The topological polar surface area (TPSA) is 66.9 Å². The van der Waals surface area contributed by atoms with Gasteiger partial charge in [-0.05, 0) is 51.1 Å². The summed E-state index contributed by atoms with van der Waals surface area (Å²) >= 11 is 3.07. The van der Waals surface area contributed by atoms with E-state index in [4.69, 9.17) is 0 Å². The molecule has 3 rings (SSSR count). The highest BCUT2D eigenvalue weighted by molar-refractivity contribution is 7.16. The summed E-state index contributed by atoms with van der Waals surface area (Å²) in [7, 11) is 0. The molecule has 0 radical (unpaired) electrons. The lowest BCUT2D eigenvalue weighted by Gasteiger charge is -2.20. The van der Waals surface area contributed by atoms with Gasteiger partial charge in [0.25, 0.3) is 5.91 Å². The van der Waals surface area contributed by atoms with Crippen molar-refractivity contribution < 1.29 is 4.79 Å². The summed E-state index contributed by atoms with van der Waals surface area (Å²) < 4.78 is 0. The number of nitrogens with one attached hydrogen (secondary N) is 2. The Morgan fingerprint density at radius 2 is 2.08 bits per heavy atom. The van der Waals surface area contributed by atoms with Crippen LogP contribution in [-0.4, -0.2) is 29.0 Å². The van der Waals surface area contributed by atoms with Gasteiger partial charge in [0.1, 0.15) is 4.88 Å². The first kappa shape index (κ1) is 20.3. The summed E-state index contributed by atoms with van der Waals surface area (Å²) in [6.07, 6.45) is 5.03. The normalized spacial score (nSPS) is 15.2. The van der Waals surface area contributed by atoms with Crippen LogP contribution in [0.25, 0.3) is 0 Å². The van der Waals surface area contributed by atoms with Crippen molar-refractivity contribution in [3.05, 3.63) is 26.7 Å². The maximum Gasteiger partial charge on any atom is 0.269 e. The number of rotatable bonds is 5. The predicted molar refractivity (Wildman–Crippen MR) is 108 cm³/mol. The molecule has 3 heterocycles. The Labute approximate surface area is 163 Å². The number of hydrogen-bond donors (Lipinski definition) is 2. The molecule has 0 atom stereocenters. The minimum Gasteiger partial charge on any atom is -0.317 e. The molecule has 0 aliphatic carbocycles. The fourth-order valence-corrected chi connectivity index (χ4v) is 4.79. The summed E-state index contributed by atoms with van der Waals surface area (Å²) in [6.45, 7) is 8.35. The molecule has 1 saturated heterocycles. The van der Waals surface area contributed by atoms with Gasteiger partial charge in [-0.2, -0.15) is 0 Å². The van der Waals surface area contributed by atoms with Gasteiger partial charge in [-0.3, -0.25) is 10.1 Å². The Bertz CT molecular complexity index is 707. The molecule has 8 heteroatoms. The second-order valence-corrected chi connectivity index (χ2v) is 8.92. The lowest BCUT2D eigenvalue weighted by Crippen LogP contribution is -2.26. The molecule has 0 aromatic carbocycles. The summed E-state index contributed by atoms with van der Waals surface area (Å²) in [5.74, 6) is 0.962. The third kappa shape index (κ3) is 5.23. The Morgan fingerprint density at radius 3 is 2.76 bits per heavy atom. The van der Waals surface area contributed by atoms with Crippen LogP contribution in [0.15, 0.2) is 6.20 Å². The number of thiazole rings is 2. The molecule has 0 bridgehead atoms. The van der Waals surface area contributed by atoms with Gasteiger partial charge in [-0.1, -0.05) is 13.8 Å². The Morgan fingerprint density at radius 1 is 1.36 bits per heavy atom. The van der Waals surface area contributed by atoms with Crippen LogP contribution in [-0.2, 0) is 6.42 Å². The Kier molecular flexibility index (Phi) is 7.37. The maximum absolute atomic E-state index is 12.6. The van der Waals surface area contributed by atoms with Crippen molar-refractivity contribution in [2.45, 2.75) is 46.0 Å². The highest BCUT2D eigenvalue weighted by atomic mass is 35.5. The average Bonchev–Trinajstić information content (AvgIpc) is 3.14. The summed E-state index contributed by atoms with van der Waals surface area (Å²) in [5, 5.41) is 7.97. The monoisotopic (exact) mass is 400 g/mol. The SMILES string of the molecule is Cc1nc(CC(C)C)c(C(=O)Nc2ncc(C3CCNCC3)s2)s1.Cl. The van der Waals surface area contributed by atoms with Crippen LogP contribution < -0.4 is 10.6 Å². The fourth-order valence-electron chi connectivity index (χ4n) is 2.97. The van der Waals surface area contributed by atoms with E-state index in [0.29, 0.717) is 17.0 Å². The van der Waals surface area contributed by atoms with Crippen LogP contribution >= 0.6 is 35.1 Å². The average molecular weight is 401 g/mol. The third-order valence-electron chi connectivity index (χ3n) is 4.10. The van der Waals surface area contributed by atoms with Gasteiger partial charge >= 0.3 is 0 Å². The van der Waals surface area contributed by atoms with E-state index in [1.807, 2.05) is 13.1 Å². The number of piperidine rings is 1. The number of halogens is 1. The second kappa shape index (κ2) is 9.07. The van der Waals surface area contributed by atoms with Crippen molar-refractivity contribution in [2.24, 2.45) is 5.92 Å². The molecule has 2 N–H and O–H groups in total. The summed E-state index contributed by atoms with van der Waals surface area (Å²) in [6, 6.07) is 0. The van der Waals surface area contributed by atoms with Gasteiger partial charge in [0.05, 0.1) is 10.7 Å². The number of aryl methyl sites for hydroxylation is 1. The van der Waals surface area contributed by atoms with E-state index in [2.05, 4.69) is 34.4 Å². The molecule has 5 nitrogen and oxygen atoms in total. The van der Waals surface area contributed by atoms with Gasteiger partial charge < -0.3 is 5.32 Å². The van der Waals surface area contributed by atoms with E-state index in [9.17, 15) is 4.79 Å². The van der Waals surface area contributed by atoms with E-state index >= 15 is 0 Å². The Hall–Kier alpha value is -1.02. The van der Waals surface area contributed by atoms with Crippen molar-refractivity contribution in [1.29, 1.82) is 0 Å². The molecule has 0 saturated carbocycles. The van der Waals surface area contributed by atoms with Crippen LogP contribution in [0.5, 0.6) is 0 Å². The lowest BCUT2D eigenvalue weighted by molar-refractivity contribution is 0.102. The number of amides is 1. The number of nitrogens with zero attached hydrogens (tertiary/aromatic N) is 2. The predicted octanol–water partition coefficient (Wildman–Crippen LogP) is 4.25. The van der Waals surface area contributed by atoms with Crippen LogP contribution in [0.1, 0.15) is 57.9 Å². The zero-order chi connectivity index (χ0) is 17.1. The molecule has 0 unspecified atom stereocenters. The molecule has 2 aromatic heterocycles. The molecular formula is C17H25ClN4OS2. The largest absolute Gasteiger partial charge is 0.317 e. The first-order chi connectivity index (χ1) is 11.5. The standard InChI is InChI=1S/C17H24N4OS2.ClH/c1-10(2)8-13-15(23-11(3)20-13)16(22)21-17-19-9-14(24-17)12-4-6-18-7-5-12;/h9-10,12,18H,4-8H2,1-3H3,(H,19,21,22);1H. The van der Waals surface area contributed by atoms with Crippen molar-refractivity contribution in [3.8, 4) is 0 Å². The number of aromatic nitrogens is 2. The van der Waals surface area contributed by atoms with Crippen molar-refractivity contribution >= 4 is 46.1 Å². The van der Waals surface area contributed by atoms with E-state index in [1.165, 1.54) is 16.2 Å². The molecule has 2 aromatic rings. The van der Waals surface area contributed by atoms with Gasteiger partial charge in [-0.25, -0.2) is 9.97 Å². The van der Waals surface area contributed by atoms with E-state index in [-0.39, 0.29) is 18.3 Å². The zero-order valence-electron chi connectivity index (χ0n) is 14.8. The molecule has 0 spiro atoms. The third-order valence-corrected chi connectivity index (χ3v) is 6.18. The molecule has 1 fully saturated rings. The van der Waals surface area contributed by atoms with E-state index in [1.54, 1.807) is 11.3 Å². The maximum atomic E-state index is 12.6. The summed E-state index contributed by atoms with van der Waals surface area (Å²) in [5.41, 5.74) is 0.903. The fraction of sp³-hybridized carbons (Fsp3) is 0.588. The number of carbonyl (C=O) groups is 1. The minimum atomic E-state index is -0.0811. The van der Waals surface area contributed by atoms with E-state index < -0.39 is 0 Å². The van der Waals surface area contributed by atoms with Crippen LogP contribution in [0, 0.1) is 12.8 Å². The number of anilines is 1. The molecule has 138 valence electrons. The van der Waals surface area contributed by atoms with Gasteiger partial charge in [0.2, 0.25) is 0 Å². The highest BCUT2D eigenvalue weighted by Crippen LogP contribution is 2.32. The number of carbonyl (C=O) groups excluding carboxylic acids is 1. The van der Waals surface area contributed by atoms with Gasteiger partial charge in [0.15, 0.2) is 5.13 Å². The van der Waals surface area contributed by atoms with Crippen molar-refractivity contribution in [1.82, 2.24) is 15.3 Å². The quantitative estimate of drug-likeness (QED) is 0.787. The van der Waals surface area contributed by atoms with Crippen LogP contribution in [0.4, 0.5) is 5.13 Å². The molecule has 1 aliphatic heterocycles. The smallest absolute Gasteiger partial charge is 0.269 e. The zero-order valence-corrected chi connectivity index (χ0v) is 17.2. The van der Waals surface area contributed by atoms with Gasteiger partial charge in [-0.15, -0.1) is 35.1 Å². The first-order valence-electron chi connectivity index (χ1n) is 8.47. The molecule has 1 aliphatic rings. The van der Waals surface area contributed by atoms with Crippen molar-refractivity contribution in [3.63, 3.8) is 0 Å². The second-order valence-electron chi connectivity index (χ2n) is 6.65.